The summed E-state index contributed by atoms with van der Waals surface area (Å²) in [6, 6.07) is 4.41. The lowest BCUT2D eigenvalue weighted by Crippen LogP contribution is -2.42. The fourth-order valence-electron chi connectivity index (χ4n) is 2.74. The topological polar surface area (TPSA) is 45.2 Å². The Labute approximate surface area is 141 Å². The van der Waals surface area contributed by atoms with E-state index in [0.717, 1.165) is 18.1 Å². The van der Waals surface area contributed by atoms with Gasteiger partial charge >= 0.3 is 0 Å². The molecular formula is C15H19BrN2OS2. The lowest BCUT2D eigenvalue weighted by molar-refractivity contribution is 0.199. The molecule has 1 aliphatic rings. The number of thiazole rings is 1. The number of hydrogen-bond donors (Lipinski definition) is 2. The Bertz CT molecular complexity index is 604. The number of nitrogens with one attached hydrogen (secondary N) is 1. The van der Waals surface area contributed by atoms with Crippen molar-refractivity contribution in [3.8, 4) is 0 Å². The predicted molar refractivity (Wildman–Crippen MR) is 92.0 cm³/mol. The fourth-order valence-corrected chi connectivity index (χ4v) is 5.19. The average Bonchev–Trinajstić information content (AvgIpc) is 3.02. The van der Waals surface area contributed by atoms with Crippen LogP contribution in [-0.2, 0) is 12.0 Å². The van der Waals surface area contributed by atoms with Gasteiger partial charge in [0.15, 0.2) is 0 Å². The minimum absolute atomic E-state index is 0.328. The number of hydrogen-bond acceptors (Lipinski definition) is 5. The zero-order valence-corrected chi connectivity index (χ0v) is 15.2. The standard InChI is InChI=1S/C15H19BrN2OS2/c1-10(19)14-18-8-11(20-14)7-17-9-15(5-2-6-15)12-3-4-13(16)21-12/h3-4,8,10,17,19H,2,5-7,9H2,1H3. The van der Waals surface area contributed by atoms with Crippen molar-refractivity contribution in [1.82, 2.24) is 10.3 Å². The minimum atomic E-state index is -0.467. The van der Waals surface area contributed by atoms with Crippen molar-refractivity contribution in [3.05, 3.63) is 36.9 Å². The second-order valence-electron chi connectivity index (χ2n) is 5.68. The molecule has 3 rings (SSSR count). The molecule has 1 atom stereocenters. The Kier molecular flexibility index (Phi) is 4.81. The van der Waals surface area contributed by atoms with Crippen LogP contribution in [0.15, 0.2) is 22.1 Å². The summed E-state index contributed by atoms with van der Waals surface area (Å²) in [6.07, 6.45) is 5.27. The predicted octanol–water partition coefficient (Wildman–Crippen LogP) is 4.23. The maximum absolute atomic E-state index is 9.51. The molecular weight excluding hydrogens is 368 g/mol. The lowest BCUT2D eigenvalue weighted by Gasteiger charge is -2.41. The van der Waals surface area contributed by atoms with Crippen molar-refractivity contribution in [3.63, 3.8) is 0 Å². The number of rotatable bonds is 6. The molecule has 2 aromatic rings. The van der Waals surface area contributed by atoms with E-state index < -0.39 is 6.10 Å². The van der Waals surface area contributed by atoms with E-state index in [-0.39, 0.29) is 0 Å². The molecule has 2 aromatic heterocycles. The van der Waals surface area contributed by atoms with Crippen LogP contribution in [0.5, 0.6) is 0 Å². The summed E-state index contributed by atoms with van der Waals surface area (Å²) >= 11 is 7.01. The third-order valence-corrected chi connectivity index (χ3v) is 7.14. The van der Waals surface area contributed by atoms with Gasteiger partial charge in [-0.3, -0.25) is 0 Å². The molecule has 6 heteroatoms. The van der Waals surface area contributed by atoms with Gasteiger partial charge in [0.2, 0.25) is 0 Å². The molecule has 0 radical (unpaired) electrons. The summed E-state index contributed by atoms with van der Waals surface area (Å²) < 4.78 is 1.22. The van der Waals surface area contributed by atoms with E-state index in [1.54, 1.807) is 18.3 Å². The molecule has 0 aromatic carbocycles. The average molecular weight is 387 g/mol. The van der Waals surface area contributed by atoms with Crippen LogP contribution in [-0.4, -0.2) is 16.6 Å². The fraction of sp³-hybridized carbons (Fsp3) is 0.533. The lowest BCUT2D eigenvalue weighted by atomic mass is 9.68. The molecule has 114 valence electrons. The molecule has 0 saturated heterocycles. The summed E-state index contributed by atoms with van der Waals surface area (Å²) in [6.45, 7) is 3.61. The first-order valence-corrected chi connectivity index (χ1v) is 9.61. The van der Waals surface area contributed by atoms with E-state index in [9.17, 15) is 5.11 Å². The molecule has 1 aliphatic carbocycles. The monoisotopic (exact) mass is 386 g/mol. The third-order valence-electron chi connectivity index (χ3n) is 4.10. The van der Waals surface area contributed by atoms with E-state index >= 15 is 0 Å². The van der Waals surface area contributed by atoms with Crippen LogP contribution in [0.3, 0.4) is 0 Å². The van der Waals surface area contributed by atoms with Gasteiger partial charge in [-0.05, 0) is 47.8 Å². The molecule has 21 heavy (non-hydrogen) atoms. The highest BCUT2D eigenvalue weighted by molar-refractivity contribution is 9.11. The first-order chi connectivity index (χ1) is 10.1. The van der Waals surface area contributed by atoms with Crippen molar-refractivity contribution in [2.24, 2.45) is 0 Å². The van der Waals surface area contributed by atoms with Crippen LogP contribution in [0, 0.1) is 0 Å². The van der Waals surface area contributed by atoms with E-state index in [4.69, 9.17) is 0 Å². The zero-order chi connectivity index (χ0) is 14.9. The number of halogens is 1. The largest absolute Gasteiger partial charge is 0.386 e. The Morgan fingerprint density at radius 2 is 2.24 bits per heavy atom. The highest BCUT2D eigenvalue weighted by Crippen LogP contribution is 2.46. The van der Waals surface area contributed by atoms with Crippen molar-refractivity contribution < 1.29 is 5.11 Å². The second kappa shape index (κ2) is 6.46. The van der Waals surface area contributed by atoms with Crippen molar-refractivity contribution in [2.75, 3.05) is 6.54 Å². The number of thiophene rings is 1. The summed E-state index contributed by atoms with van der Waals surface area (Å²) in [5.41, 5.74) is 0.328. The SMILES string of the molecule is CC(O)c1ncc(CNCC2(c3ccc(Br)s3)CCC2)s1. The molecule has 0 spiro atoms. The Hall–Kier alpha value is -0.270. The maximum atomic E-state index is 9.51. The second-order valence-corrected chi connectivity index (χ2v) is 9.29. The first kappa shape index (κ1) is 15.6. The molecule has 0 amide bonds. The van der Waals surface area contributed by atoms with Crippen LogP contribution < -0.4 is 5.32 Å². The van der Waals surface area contributed by atoms with Gasteiger partial charge in [-0.1, -0.05) is 6.42 Å². The Morgan fingerprint density at radius 1 is 1.43 bits per heavy atom. The van der Waals surface area contributed by atoms with Crippen LogP contribution in [0.1, 0.15) is 47.1 Å². The van der Waals surface area contributed by atoms with Gasteiger partial charge < -0.3 is 10.4 Å². The van der Waals surface area contributed by atoms with Gasteiger partial charge in [0, 0.05) is 34.5 Å². The maximum Gasteiger partial charge on any atom is 0.121 e. The quantitative estimate of drug-likeness (QED) is 0.780. The number of aromatic nitrogens is 1. The number of aliphatic hydroxyl groups is 1. The summed E-state index contributed by atoms with van der Waals surface area (Å²) in [7, 11) is 0. The highest BCUT2D eigenvalue weighted by Gasteiger charge is 2.39. The normalized spacial score (nSPS) is 18.4. The van der Waals surface area contributed by atoms with Crippen LogP contribution in [0.25, 0.3) is 0 Å². The number of nitrogens with zero attached hydrogens (tertiary/aromatic N) is 1. The molecule has 0 aliphatic heterocycles. The zero-order valence-electron chi connectivity index (χ0n) is 11.9. The molecule has 1 saturated carbocycles. The number of aliphatic hydroxyl groups excluding tert-OH is 1. The van der Waals surface area contributed by atoms with E-state index in [2.05, 4.69) is 38.4 Å². The molecule has 1 fully saturated rings. The summed E-state index contributed by atoms with van der Waals surface area (Å²) in [4.78, 5) is 6.93. The van der Waals surface area contributed by atoms with Gasteiger partial charge in [0.25, 0.3) is 0 Å². The van der Waals surface area contributed by atoms with Crippen molar-refractivity contribution in [2.45, 2.75) is 44.2 Å². The van der Waals surface area contributed by atoms with Crippen LogP contribution in [0.4, 0.5) is 0 Å². The van der Waals surface area contributed by atoms with Gasteiger partial charge in [0.1, 0.15) is 11.1 Å². The van der Waals surface area contributed by atoms with Crippen LogP contribution >= 0.6 is 38.6 Å². The van der Waals surface area contributed by atoms with Crippen molar-refractivity contribution in [1.29, 1.82) is 0 Å². The first-order valence-electron chi connectivity index (χ1n) is 7.18. The van der Waals surface area contributed by atoms with Crippen molar-refractivity contribution >= 4 is 38.6 Å². The molecule has 1 unspecified atom stereocenters. The van der Waals surface area contributed by atoms with Crippen LogP contribution in [0.2, 0.25) is 0 Å². The van der Waals surface area contributed by atoms with Gasteiger partial charge in [0.05, 0.1) is 3.79 Å². The third kappa shape index (κ3) is 3.40. The van der Waals surface area contributed by atoms with E-state index in [1.165, 1.54) is 32.8 Å². The van der Waals surface area contributed by atoms with Gasteiger partial charge in [-0.25, -0.2) is 4.98 Å². The molecule has 3 nitrogen and oxygen atoms in total. The summed E-state index contributed by atoms with van der Waals surface area (Å²) in [5.74, 6) is 0. The molecule has 2 heterocycles. The van der Waals surface area contributed by atoms with E-state index in [1.807, 2.05) is 17.5 Å². The minimum Gasteiger partial charge on any atom is -0.386 e. The molecule has 2 N–H and O–H groups in total. The Balaban J connectivity index is 1.58. The molecule has 0 bridgehead atoms. The van der Waals surface area contributed by atoms with Gasteiger partial charge in [-0.15, -0.1) is 22.7 Å². The highest BCUT2D eigenvalue weighted by atomic mass is 79.9. The Morgan fingerprint density at radius 3 is 2.76 bits per heavy atom. The smallest absolute Gasteiger partial charge is 0.121 e. The van der Waals surface area contributed by atoms with Gasteiger partial charge in [-0.2, -0.15) is 0 Å². The summed E-state index contributed by atoms with van der Waals surface area (Å²) in [5, 5.41) is 13.9. The van der Waals surface area contributed by atoms with E-state index in [0.29, 0.717) is 5.41 Å².